The van der Waals surface area contributed by atoms with Gasteiger partial charge in [0, 0.05) is 11.6 Å². The van der Waals surface area contributed by atoms with Crippen molar-refractivity contribution in [2.75, 3.05) is 6.61 Å². The van der Waals surface area contributed by atoms with Crippen LogP contribution in [-0.4, -0.2) is 30.7 Å². The fraction of sp³-hybridized carbons (Fsp3) is 0.0968. The molecule has 196 valence electrons. The fourth-order valence-corrected chi connectivity index (χ4v) is 3.41. The van der Waals surface area contributed by atoms with Crippen molar-refractivity contribution in [3.8, 4) is 17.2 Å². The number of aryl methyl sites for hydroxylation is 2. The van der Waals surface area contributed by atoms with Gasteiger partial charge in [-0.25, -0.2) is 15.0 Å². The fourth-order valence-electron chi connectivity index (χ4n) is 3.41. The molecule has 8 heteroatoms. The number of rotatable bonds is 9. The van der Waals surface area contributed by atoms with E-state index in [0.29, 0.717) is 22.4 Å². The third-order valence-electron chi connectivity index (χ3n) is 5.66. The molecule has 0 fully saturated rings. The highest BCUT2D eigenvalue weighted by molar-refractivity contribution is 5.94. The number of hydrogen-bond acceptors (Lipinski definition) is 7. The van der Waals surface area contributed by atoms with Crippen LogP contribution in [0.15, 0.2) is 102 Å². The number of carbonyl (C=O) groups excluding carboxylic acids is 3. The Morgan fingerprint density at radius 3 is 1.97 bits per heavy atom. The van der Waals surface area contributed by atoms with E-state index in [1.54, 1.807) is 72.8 Å². The summed E-state index contributed by atoms with van der Waals surface area (Å²) in [4.78, 5) is 37.4. The summed E-state index contributed by atoms with van der Waals surface area (Å²) in [6, 6.07) is 27.0. The van der Waals surface area contributed by atoms with E-state index in [2.05, 4.69) is 10.5 Å². The van der Waals surface area contributed by atoms with Crippen LogP contribution < -0.4 is 19.6 Å². The lowest BCUT2D eigenvalue weighted by Gasteiger charge is -2.11. The summed E-state index contributed by atoms with van der Waals surface area (Å²) < 4.78 is 16.6. The van der Waals surface area contributed by atoms with Crippen molar-refractivity contribution in [3.63, 3.8) is 0 Å². The summed E-state index contributed by atoms with van der Waals surface area (Å²) >= 11 is 0. The third kappa shape index (κ3) is 7.62. The molecular formula is C31H26N2O6. The number of hydrogen-bond donors (Lipinski definition) is 1. The highest BCUT2D eigenvalue weighted by atomic mass is 16.5. The molecule has 4 aromatic carbocycles. The van der Waals surface area contributed by atoms with Crippen molar-refractivity contribution in [2.24, 2.45) is 5.10 Å². The largest absolute Gasteiger partial charge is 0.484 e. The van der Waals surface area contributed by atoms with Gasteiger partial charge in [-0.05, 0) is 73.5 Å². The quantitative estimate of drug-likeness (QED) is 0.139. The highest BCUT2D eigenvalue weighted by Gasteiger charge is 2.15. The molecule has 0 atom stereocenters. The molecule has 0 aromatic heterocycles. The van der Waals surface area contributed by atoms with E-state index in [0.717, 1.165) is 11.1 Å². The lowest BCUT2D eigenvalue weighted by atomic mass is 10.1. The molecule has 39 heavy (non-hydrogen) atoms. The molecule has 8 nitrogen and oxygen atoms in total. The molecule has 0 saturated heterocycles. The molecule has 0 saturated carbocycles. The van der Waals surface area contributed by atoms with Crippen LogP contribution in [0.2, 0.25) is 0 Å². The maximum absolute atomic E-state index is 12.7. The summed E-state index contributed by atoms with van der Waals surface area (Å²) in [5.41, 5.74) is 5.65. The molecule has 1 N–H and O–H groups in total. The SMILES string of the molecule is Cc1ccc(OCC(=O)NN=Cc2ccc(OC(=O)c3ccccc3)cc2OC(=O)c2ccccc2)cc1C. The minimum atomic E-state index is -0.609. The van der Waals surface area contributed by atoms with E-state index in [1.807, 2.05) is 26.0 Å². The van der Waals surface area contributed by atoms with E-state index in [9.17, 15) is 14.4 Å². The van der Waals surface area contributed by atoms with Gasteiger partial charge in [0.05, 0.1) is 17.3 Å². The minimum Gasteiger partial charge on any atom is -0.484 e. The predicted molar refractivity (Wildman–Crippen MR) is 146 cm³/mol. The zero-order valence-electron chi connectivity index (χ0n) is 21.4. The molecule has 1 amide bonds. The Labute approximate surface area is 225 Å². The van der Waals surface area contributed by atoms with Crippen molar-refractivity contribution in [1.82, 2.24) is 5.43 Å². The summed E-state index contributed by atoms with van der Waals surface area (Å²) in [5.74, 6) is -0.806. The number of ether oxygens (including phenoxy) is 3. The van der Waals surface area contributed by atoms with Crippen LogP contribution in [-0.2, 0) is 4.79 Å². The normalized spacial score (nSPS) is 10.6. The smallest absolute Gasteiger partial charge is 0.343 e. The Balaban J connectivity index is 1.46. The summed E-state index contributed by atoms with van der Waals surface area (Å²) in [6.07, 6.45) is 1.32. The first-order chi connectivity index (χ1) is 18.9. The van der Waals surface area contributed by atoms with Crippen LogP contribution >= 0.6 is 0 Å². The maximum Gasteiger partial charge on any atom is 0.343 e. The van der Waals surface area contributed by atoms with Crippen LogP contribution in [0.4, 0.5) is 0 Å². The average molecular weight is 523 g/mol. The maximum atomic E-state index is 12.7. The Morgan fingerprint density at radius 2 is 1.33 bits per heavy atom. The second-order valence-electron chi connectivity index (χ2n) is 8.54. The van der Waals surface area contributed by atoms with E-state index in [-0.39, 0.29) is 18.1 Å². The molecule has 0 radical (unpaired) electrons. The van der Waals surface area contributed by atoms with Gasteiger partial charge in [-0.1, -0.05) is 42.5 Å². The molecule has 0 spiro atoms. The molecule has 0 aliphatic rings. The monoisotopic (exact) mass is 522 g/mol. The zero-order valence-corrected chi connectivity index (χ0v) is 21.4. The van der Waals surface area contributed by atoms with Gasteiger partial charge in [0.2, 0.25) is 0 Å². The Bertz CT molecular complexity index is 1500. The van der Waals surface area contributed by atoms with E-state index < -0.39 is 17.8 Å². The van der Waals surface area contributed by atoms with Gasteiger partial charge in [0.1, 0.15) is 17.2 Å². The Kier molecular flexibility index (Phi) is 8.82. The lowest BCUT2D eigenvalue weighted by molar-refractivity contribution is -0.123. The summed E-state index contributed by atoms with van der Waals surface area (Å²) in [6.45, 7) is 3.72. The van der Waals surface area contributed by atoms with Crippen molar-refractivity contribution in [1.29, 1.82) is 0 Å². The van der Waals surface area contributed by atoms with Crippen LogP contribution in [0.3, 0.4) is 0 Å². The molecule has 0 heterocycles. The van der Waals surface area contributed by atoms with Crippen LogP contribution in [0.5, 0.6) is 17.2 Å². The summed E-state index contributed by atoms with van der Waals surface area (Å²) in [5, 5.41) is 3.96. The number of carbonyl (C=O) groups is 3. The highest BCUT2D eigenvalue weighted by Crippen LogP contribution is 2.26. The molecule has 0 bridgehead atoms. The molecule has 4 aromatic rings. The molecule has 0 aliphatic carbocycles. The van der Waals surface area contributed by atoms with Crippen molar-refractivity contribution in [2.45, 2.75) is 13.8 Å². The van der Waals surface area contributed by atoms with Crippen molar-refractivity contribution >= 4 is 24.1 Å². The van der Waals surface area contributed by atoms with Crippen molar-refractivity contribution < 1.29 is 28.6 Å². The number of nitrogens with zero attached hydrogens (tertiary/aromatic N) is 1. The lowest BCUT2D eigenvalue weighted by Crippen LogP contribution is -2.24. The van der Waals surface area contributed by atoms with Gasteiger partial charge < -0.3 is 14.2 Å². The first-order valence-corrected chi connectivity index (χ1v) is 12.1. The van der Waals surface area contributed by atoms with E-state index in [1.165, 1.54) is 18.3 Å². The van der Waals surface area contributed by atoms with Gasteiger partial charge in [-0.15, -0.1) is 0 Å². The predicted octanol–water partition coefficient (Wildman–Crippen LogP) is 5.27. The zero-order chi connectivity index (χ0) is 27.6. The molecule has 4 rings (SSSR count). The third-order valence-corrected chi connectivity index (χ3v) is 5.66. The number of hydrazone groups is 1. The average Bonchev–Trinajstić information content (AvgIpc) is 2.95. The minimum absolute atomic E-state index is 0.0894. The number of esters is 2. The van der Waals surface area contributed by atoms with Crippen LogP contribution in [0.1, 0.15) is 37.4 Å². The molecule has 0 aliphatic heterocycles. The Morgan fingerprint density at radius 1 is 0.718 bits per heavy atom. The van der Waals surface area contributed by atoms with Crippen LogP contribution in [0.25, 0.3) is 0 Å². The van der Waals surface area contributed by atoms with E-state index in [4.69, 9.17) is 14.2 Å². The molecule has 0 unspecified atom stereocenters. The first kappa shape index (κ1) is 26.8. The topological polar surface area (TPSA) is 103 Å². The number of nitrogens with one attached hydrogen (secondary N) is 1. The first-order valence-electron chi connectivity index (χ1n) is 12.1. The Hall–Kier alpha value is -5.24. The van der Waals surface area contributed by atoms with Gasteiger partial charge in [-0.2, -0.15) is 5.10 Å². The number of benzene rings is 4. The van der Waals surface area contributed by atoms with Gasteiger partial charge in [0.15, 0.2) is 6.61 Å². The van der Waals surface area contributed by atoms with E-state index >= 15 is 0 Å². The van der Waals surface area contributed by atoms with Crippen molar-refractivity contribution in [3.05, 3.63) is 125 Å². The second kappa shape index (κ2) is 12.8. The van der Waals surface area contributed by atoms with Gasteiger partial charge >= 0.3 is 11.9 Å². The van der Waals surface area contributed by atoms with Gasteiger partial charge in [-0.3, -0.25) is 4.79 Å². The van der Waals surface area contributed by atoms with Gasteiger partial charge in [0.25, 0.3) is 5.91 Å². The summed E-state index contributed by atoms with van der Waals surface area (Å²) in [7, 11) is 0. The molecular weight excluding hydrogens is 496 g/mol. The number of amides is 1. The second-order valence-corrected chi connectivity index (χ2v) is 8.54. The standard InChI is InChI=1S/C31H26N2O6/c1-21-13-15-26(17-22(21)2)37-20-29(34)33-32-19-25-14-16-27(38-30(35)23-9-5-3-6-10-23)18-28(25)39-31(36)24-11-7-4-8-12-24/h3-19H,20H2,1-2H3,(H,33,34). The van der Waals surface area contributed by atoms with Crippen LogP contribution in [0, 0.1) is 13.8 Å².